The van der Waals surface area contributed by atoms with Gasteiger partial charge < -0.3 is 4.42 Å². The van der Waals surface area contributed by atoms with E-state index in [2.05, 4.69) is 23.3 Å². The van der Waals surface area contributed by atoms with E-state index in [1.54, 1.807) is 18.0 Å². The van der Waals surface area contributed by atoms with E-state index in [1.165, 1.54) is 0 Å². The molecular formula is C14H21N3OS. The van der Waals surface area contributed by atoms with Gasteiger partial charge in [0.1, 0.15) is 11.8 Å². The molecule has 2 atom stereocenters. The summed E-state index contributed by atoms with van der Waals surface area (Å²) in [7, 11) is 0. The normalized spacial score (nSPS) is 26.5. The number of rotatable bonds is 6. The molecule has 1 aromatic heterocycles. The Labute approximate surface area is 119 Å². The first-order valence-corrected chi connectivity index (χ1v) is 7.90. The summed E-state index contributed by atoms with van der Waals surface area (Å²) < 4.78 is 5.33. The Morgan fingerprint density at radius 1 is 1.68 bits per heavy atom. The fourth-order valence-electron chi connectivity index (χ4n) is 2.89. The summed E-state index contributed by atoms with van der Waals surface area (Å²) in [6, 6.07) is 2.52. The number of oxazole rings is 1. The second-order valence-corrected chi connectivity index (χ2v) is 6.14. The zero-order valence-corrected chi connectivity index (χ0v) is 12.4. The van der Waals surface area contributed by atoms with Crippen LogP contribution in [0.25, 0.3) is 0 Å². The van der Waals surface area contributed by atoms with Gasteiger partial charge in [0, 0.05) is 5.75 Å². The summed E-state index contributed by atoms with van der Waals surface area (Å²) in [5.41, 5.74) is 0.615. The number of aromatic nitrogens is 1. The lowest BCUT2D eigenvalue weighted by molar-refractivity contribution is 0.316. The van der Waals surface area contributed by atoms with E-state index in [0.717, 1.165) is 48.9 Å². The molecule has 0 bridgehead atoms. The predicted octanol–water partition coefficient (Wildman–Crippen LogP) is 3.14. The molecule has 1 saturated carbocycles. The molecule has 1 aliphatic rings. The zero-order chi connectivity index (χ0) is 13.7. The molecular weight excluding hydrogens is 258 g/mol. The van der Waals surface area contributed by atoms with Crippen molar-refractivity contribution in [1.82, 2.24) is 10.3 Å². The second kappa shape index (κ2) is 6.44. The average Bonchev–Trinajstić information content (AvgIpc) is 2.98. The molecule has 19 heavy (non-hydrogen) atoms. The van der Waals surface area contributed by atoms with Gasteiger partial charge >= 0.3 is 0 Å². The summed E-state index contributed by atoms with van der Waals surface area (Å²) in [5.74, 6) is 1.40. The number of hydrogen-bond donors (Lipinski definition) is 1. The molecule has 2 unspecified atom stereocenters. The molecule has 0 saturated heterocycles. The molecule has 2 rings (SSSR count). The smallest absolute Gasteiger partial charge is 0.255 e. The van der Waals surface area contributed by atoms with Crippen molar-refractivity contribution >= 4 is 11.8 Å². The van der Waals surface area contributed by atoms with Gasteiger partial charge in [-0.1, -0.05) is 25.1 Å². The SMILES string of the molecule is CCNC1(C#N)CCCC1CCSc1nc(C)co1. The minimum atomic E-state index is -0.304. The summed E-state index contributed by atoms with van der Waals surface area (Å²) in [6.07, 6.45) is 5.98. The highest BCUT2D eigenvalue weighted by molar-refractivity contribution is 7.99. The van der Waals surface area contributed by atoms with Crippen molar-refractivity contribution in [2.24, 2.45) is 5.92 Å². The van der Waals surface area contributed by atoms with Crippen LogP contribution in [0.4, 0.5) is 0 Å². The first kappa shape index (κ1) is 14.4. The topological polar surface area (TPSA) is 61.9 Å². The number of nitriles is 1. The van der Waals surface area contributed by atoms with Gasteiger partial charge in [0.2, 0.25) is 0 Å². The first-order valence-electron chi connectivity index (χ1n) is 6.91. The standard InChI is InChI=1S/C14H21N3OS/c1-3-16-14(10-15)7-4-5-12(14)6-8-19-13-17-11(2)9-18-13/h9,12,16H,3-8H2,1-2H3. The van der Waals surface area contributed by atoms with Gasteiger partial charge in [-0.2, -0.15) is 5.26 Å². The van der Waals surface area contributed by atoms with Crippen LogP contribution in [0.2, 0.25) is 0 Å². The summed E-state index contributed by atoms with van der Waals surface area (Å²) >= 11 is 1.64. The maximum atomic E-state index is 9.49. The molecule has 1 aliphatic carbocycles. The van der Waals surface area contributed by atoms with E-state index in [0.29, 0.717) is 5.92 Å². The first-order chi connectivity index (χ1) is 9.20. The van der Waals surface area contributed by atoms with Crippen molar-refractivity contribution in [1.29, 1.82) is 5.26 Å². The highest BCUT2D eigenvalue weighted by Gasteiger charge is 2.42. The minimum absolute atomic E-state index is 0.304. The number of hydrogen-bond acceptors (Lipinski definition) is 5. The Hall–Kier alpha value is -0.990. The van der Waals surface area contributed by atoms with Crippen molar-refractivity contribution in [2.45, 2.75) is 50.3 Å². The van der Waals surface area contributed by atoms with Crippen molar-refractivity contribution in [3.63, 3.8) is 0 Å². The third-order valence-electron chi connectivity index (χ3n) is 3.80. The van der Waals surface area contributed by atoms with E-state index < -0.39 is 0 Å². The van der Waals surface area contributed by atoms with Crippen molar-refractivity contribution in [3.8, 4) is 6.07 Å². The van der Waals surface area contributed by atoms with Crippen LogP contribution in [0.3, 0.4) is 0 Å². The molecule has 0 radical (unpaired) electrons. The van der Waals surface area contributed by atoms with Crippen LogP contribution in [0.15, 0.2) is 15.9 Å². The lowest BCUT2D eigenvalue weighted by Crippen LogP contribution is -2.47. The van der Waals surface area contributed by atoms with Crippen LogP contribution in [-0.2, 0) is 0 Å². The Bertz CT molecular complexity index is 454. The average molecular weight is 279 g/mol. The lowest BCUT2D eigenvalue weighted by Gasteiger charge is -2.29. The van der Waals surface area contributed by atoms with Crippen LogP contribution < -0.4 is 5.32 Å². The Balaban J connectivity index is 1.86. The van der Waals surface area contributed by atoms with Crippen LogP contribution in [0.5, 0.6) is 0 Å². The third-order valence-corrected chi connectivity index (χ3v) is 4.68. The molecule has 1 aromatic rings. The van der Waals surface area contributed by atoms with E-state index in [4.69, 9.17) is 4.42 Å². The fourth-order valence-corrected chi connectivity index (χ4v) is 3.79. The minimum Gasteiger partial charge on any atom is -0.440 e. The van der Waals surface area contributed by atoms with Crippen molar-refractivity contribution in [2.75, 3.05) is 12.3 Å². The van der Waals surface area contributed by atoms with E-state index >= 15 is 0 Å². The molecule has 4 nitrogen and oxygen atoms in total. The molecule has 1 fully saturated rings. The van der Waals surface area contributed by atoms with Gasteiger partial charge in [-0.05, 0) is 38.6 Å². The van der Waals surface area contributed by atoms with E-state index in [-0.39, 0.29) is 5.54 Å². The van der Waals surface area contributed by atoms with Gasteiger partial charge in [0.15, 0.2) is 0 Å². The van der Waals surface area contributed by atoms with E-state index in [9.17, 15) is 5.26 Å². The summed E-state index contributed by atoms with van der Waals surface area (Å²) in [5, 5.41) is 13.6. The van der Waals surface area contributed by atoms with Gasteiger partial charge in [-0.3, -0.25) is 5.32 Å². The molecule has 0 aromatic carbocycles. The maximum absolute atomic E-state index is 9.49. The maximum Gasteiger partial charge on any atom is 0.255 e. The monoisotopic (exact) mass is 279 g/mol. The Kier molecular flexibility index (Phi) is 4.89. The molecule has 0 spiro atoms. The van der Waals surface area contributed by atoms with Crippen LogP contribution in [0, 0.1) is 24.2 Å². The van der Waals surface area contributed by atoms with Crippen LogP contribution >= 0.6 is 11.8 Å². The zero-order valence-electron chi connectivity index (χ0n) is 11.6. The number of aryl methyl sites for hydroxylation is 1. The molecule has 0 amide bonds. The summed E-state index contributed by atoms with van der Waals surface area (Å²) in [4.78, 5) is 4.28. The van der Waals surface area contributed by atoms with Crippen LogP contribution in [0.1, 0.15) is 38.3 Å². The fraction of sp³-hybridized carbons (Fsp3) is 0.714. The van der Waals surface area contributed by atoms with Gasteiger partial charge in [0.05, 0.1) is 11.8 Å². The van der Waals surface area contributed by atoms with Gasteiger partial charge in [-0.25, -0.2) is 4.98 Å². The van der Waals surface area contributed by atoms with Gasteiger partial charge in [0.25, 0.3) is 5.22 Å². The van der Waals surface area contributed by atoms with Crippen molar-refractivity contribution < 1.29 is 4.42 Å². The quantitative estimate of drug-likeness (QED) is 0.811. The second-order valence-electron chi connectivity index (χ2n) is 5.09. The van der Waals surface area contributed by atoms with Crippen molar-refractivity contribution in [3.05, 3.63) is 12.0 Å². The Morgan fingerprint density at radius 2 is 2.53 bits per heavy atom. The molecule has 104 valence electrons. The number of nitrogens with zero attached hydrogens (tertiary/aromatic N) is 2. The largest absolute Gasteiger partial charge is 0.440 e. The molecule has 5 heteroatoms. The highest BCUT2D eigenvalue weighted by atomic mass is 32.2. The molecule has 0 aliphatic heterocycles. The number of nitrogens with one attached hydrogen (secondary N) is 1. The predicted molar refractivity (Wildman–Crippen MR) is 75.9 cm³/mol. The third kappa shape index (κ3) is 3.31. The van der Waals surface area contributed by atoms with Crippen LogP contribution in [-0.4, -0.2) is 22.8 Å². The summed E-state index contributed by atoms with van der Waals surface area (Å²) in [6.45, 7) is 4.85. The highest BCUT2D eigenvalue weighted by Crippen LogP contribution is 2.38. The molecule has 1 N–H and O–H groups in total. The Morgan fingerprint density at radius 3 is 3.16 bits per heavy atom. The lowest BCUT2D eigenvalue weighted by atomic mass is 9.86. The van der Waals surface area contributed by atoms with Gasteiger partial charge in [-0.15, -0.1) is 0 Å². The molecule has 1 heterocycles. The van der Waals surface area contributed by atoms with E-state index in [1.807, 2.05) is 6.92 Å². The number of thioether (sulfide) groups is 1.